The molecule has 0 amide bonds. The fraction of sp³-hybridized carbons (Fsp3) is 0.714. The molecule has 9 heavy (non-hydrogen) atoms. The zero-order valence-corrected chi connectivity index (χ0v) is 7.28. The van der Waals surface area contributed by atoms with Crippen LogP contribution in [0.15, 0.2) is 12.7 Å². The summed E-state index contributed by atoms with van der Waals surface area (Å²) in [5.74, 6) is 0. The van der Waals surface area contributed by atoms with Gasteiger partial charge in [-0.3, -0.25) is 4.90 Å². The van der Waals surface area contributed by atoms with E-state index in [4.69, 9.17) is 0 Å². The normalized spacial score (nSPS) is 12.1. The van der Waals surface area contributed by atoms with Gasteiger partial charge in [0.05, 0.1) is 4.87 Å². The van der Waals surface area contributed by atoms with E-state index in [0.29, 0.717) is 0 Å². The third-order valence-electron chi connectivity index (χ3n) is 1.34. The van der Waals surface area contributed by atoms with Gasteiger partial charge in [-0.15, -0.1) is 6.58 Å². The highest BCUT2D eigenvalue weighted by atomic mass is 32.1. The summed E-state index contributed by atoms with van der Waals surface area (Å²) < 4.78 is 0. The van der Waals surface area contributed by atoms with Crippen molar-refractivity contribution in [2.75, 3.05) is 13.6 Å². The van der Waals surface area contributed by atoms with Crippen LogP contribution >= 0.6 is 12.6 Å². The van der Waals surface area contributed by atoms with Crippen LogP contribution in [0.2, 0.25) is 0 Å². The van der Waals surface area contributed by atoms with Crippen LogP contribution in [0, 0.1) is 0 Å². The molecule has 0 aliphatic carbocycles. The average molecular weight is 145 g/mol. The molecule has 0 atom stereocenters. The number of rotatable bonds is 3. The summed E-state index contributed by atoms with van der Waals surface area (Å²) in [4.78, 5) is 2.08. The number of likely N-dealkylation sites (N-methyl/N-ethyl adjacent to an activating group) is 1. The Morgan fingerprint density at radius 3 is 2.22 bits per heavy atom. The first-order valence-electron chi connectivity index (χ1n) is 3.03. The van der Waals surface area contributed by atoms with Crippen molar-refractivity contribution in [3.05, 3.63) is 12.7 Å². The molecule has 0 aromatic carbocycles. The van der Waals surface area contributed by atoms with Gasteiger partial charge in [-0.1, -0.05) is 6.08 Å². The molecule has 0 aliphatic rings. The van der Waals surface area contributed by atoms with Crippen molar-refractivity contribution < 1.29 is 0 Å². The Labute approximate surface area is 63.2 Å². The molecule has 0 bridgehead atoms. The van der Waals surface area contributed by atoms with E-state index < -0.39 is 0 Å². The van der Waals surface area contributed by atoms with Gasteiger partial charge in [-0.2, -0.15) is 12.6 Å². The van der Waals surface area contributed by atoms with Crippen molar-refractivity contribution in [1.82, 2.24) is 4.90 Å². The maximum atomic E-state index is 4.36. The molecule has 0 radical (unpaired) electrons. The third kappa shape index (κ3) is 3.60. The molecule has 1 nitrogen and oxygen atoms in total. The highest BCUT2D eigenvalue weighted by molar-refractivity contribution is 7.81. The summed E-state index contributed by atoms with van der Waals surface area (Å²) >= 11 is 4.36. The van der Waals surface area contributed by atoms with Gasteiger partial charge in [0.1, 0.15) is 0 Å². The van der Waals surface area contributed by atoms with Crippen molar-refractivity contribution in [3.63, 3.8) is 0 Å². The molecule has 0 aromatic heterocycles. The molecule has 0 aliphatic heterocycles. The van der Waals surface area contributed by atoms with Crippen LogP contribution in [0.3, 0.4) is 0 Å². The lowest BCUT2D eigenvalue weighted by molar-refractivity contribution is 0.273. The molecular formula is C7H15NS. The number of nitrogens with zero attached hydrogens (tertiary/aromatic N) is 1. The summed E-state index contributed by atoms with van der Waals surface area (Å²) in [7, 11) is 2.02. The Hall–Kier alpha value is 0.0500. The molecule has 0 unspecified atom stereocenters. The number of thiol groups is 1. The quantitative estimate of drug-likeness (QED) is 0.360. The average Bonchev–Trinajstić information content (AvgIpc) is 1.64. The number of hydrogen-bond acceptors (Lipinski definition) is 2. The van der Waals surface area contributed by atoms with Crippen molar-refractivity contribution in [3.8, 4) is 0 Å². The van der Waals surface area contributed by atoms with Gasteiger partial charge in [0.25, 0.3) is 0 Å². The van der Waals surface area contributed by atoms with Crippen molar-refractivity contribution in [2.45, 2.75) is 18.7 Å². The molecule has 2 heteroatoms. The second-order valence-electron chi connectivity index (χ2n) is 2.66. The smallest absolute Gasteiger partial charge is 0.0583 e. The van der Waals surface area contributed by atoms with E-state index >= 15 is 0 Å². The molecular weight excluding hydrogens is 130 g/mol. The molecule has 0 fully saturated rings. The minimum atomic E-state index is -0.0335. The lowest BCUT2D eigenvalue weighted by Crippen LogP contribution is -2.35. The summed E-state index contributed by atoms with van der Waals surface area (Å²) in [6.07, 6.45) is 1.87. The van der Waals surface area contributed by atoms with Crippen LogP contribution in [0.25, 0.3) is 0 Å². The van der Waals surface area contributed by atoms with Crippen LogP contribution in [-0.2, 0) is 0 Å². The largest absolute Gasteiger partial charge is 0.289 e. The van der Waals surface area contributed by atoms with Gasteiger partial charge in [0.2, 0.25) is 0 Å². The predicted molar refractivity (Wildman–Crippen MR) is 45.9 cm³/mol. The standard InChI is InChI=1S/C7H15NS/c1-5-6-8(4)7(2,3)9/h5,9H,1,6H2,2-4H3. The molecule has 54 valence electrons. The maximum Gasteiger partial charge on any atom is 0.0583 e. The third-order valence-corrected chi connectivity index (χ3v) is 1.68. The fourth-order valence-corrected chi connectivity index (χ4v) is 0.499. The fourth-order valence-electron chi connectivity index (χ4n) is 0.417. The van der Waals surface area contributed by atoms with Gasteiger partial charge in [0, 0.05) is 6.54 Å². The molecule has 0 aromatic rings. The van der Waals surface area contributed by atoms with Gasteiger partial charge in [-0.05, 0) is 20.9 Å². The monoisotopic (exact) mass is 145 g/mol. The molecule has 0 heterocycles. The van der Waals surface area contributed by atoms with Crippen molar-refractivity contribution >= 4 is 12.6 Å². The first kappa shape index (κ1) is 9.05. The highest BCUT2D eigenvalue weighted by Crippen LogP contribution is 2.15. The van der Waals surface area contributed by atoms with E-state index in [1.54, 1.807) is 0 Å². The van der Waals surface area contributed by atoms with E-state index in [2.05, 4.69) is 38.0 Å². The lowest BCUT2D eigenvalue weighted by Gasteiger charge is -2.29. The van der Waals surface area contributed by atoms with Gasteiger partial charge in [-0.25, -0.2) is 0 Å². The van der Waals surface area contributed by atoms with E-state index in [-0.39, 0.29) is 4.87 Å². The SMILES string of the molecule is C=CCN(C)C(C)(C)S. The molecule has 0 saturated carbocycles. The summed E-state index contributed by atoms with van der Waals surface area (Å²) in [6.45, 7) is 8.63. The minimum absolute atomic E-state index is 0.0335. The minimum Gasteiger partial charge on any atom is -0.289 e. The van der Waals surface area contributed by atoms with E-state index in [1.807, 2.05) is 13.1 Å². The molecule has 0 spiro atoms. The van der Waals surface area contributed by atoms with E-state index in [1.165, 1.54) is 0 Å². The zero-order chi connectivity index (χ0) is 7.49. The second-order valence-corrected chi connectivity index (χ2v) is 3.76. The molecule has 0 rings (SSSR count). The first-order chi connectivity index (χ1) is 3.98. The van der Waals surface area contributed by atoms with Crippen LogP contribution in [0.1, 0.15) is 13.8 Å². The van der Waals surface area contributed by atoms with E-state index in [0.717, 1.165) is 6.54 Å². The second kappa shape index (κ2) is 3.28. The van der Waals surface area contributed by atoms with Crippen LogP contribution in [-0.4, -0.2) is 23.4 Å². The number of hydrogen-bond donors (Lipinski definition) is 1. The van der Waals surface area contributed by atoms with Crippen LogP contribution < -0.4 is 0 Å². The van der Waals surface area contributed by atoms with Crippen molar-refractivity contribution in [1.29, 1.82) is 0 Å². The molecule has 0 N–H and O–H groups in total. The Balaban J connectivity index is 3.72. The summed E-state index contributed by atoms with van der Waals surface area (Å²) in [5, 5.41) is 0. The Morgan fingerprint density at radius 1 is 1.67 bits per heavy atom. The predicted octanol–water partition coefficient (Wildman–Crippen LogP) is 1.77. The van der Waals surface area contributed by atoms with Crippen LogP contribution in [0.4, 0.5) is 0 Å². The Morgan fingerprint density at radius 2 is 2.11 bits per heavy atom. The summed E-state index contributed by atoms with van der Waals surface area (Å²) in [6, 6.07) is 0. The van der Waals surface area contributed by atoms with Crippen molar-refractivity contribution in [2.24, 2.45) is 0 Å². The first-order valence-corrected chi connectivity index (χ1v) is 3.47. The van der Waals surface area contributed by atoms with Crippen LogP contribution in [0.5, 0.6) is 0 Å². The van der Waals surface area contributed by atoms with Gasteiger partial charge >= 0.3 is 0 Å². The highest BCUT2D eigenvalue weighted by Gasteiger charge is 2.15. The summed E-state index contributed by atoms with van der Waals surface area (Å²) in [5.41, 5.74) is 0. The van der Waals surface area contributed by atoms with E-state index in [9.17, 15) is 0 Å². The van der Waals surface area contributed by atoms with Gasteiger partial charge in [0.15, 0.2) is 0 Å². The molecule has 0 saturated heterocycles. The Bertz CT molecular complexity index is 93.6. The van der Waals surface area contributed by atoms with Gasteiger partial charge < -0.3 is 0 Å². The topological polar surface area (TPSA) is 3.24 Å². The zero-order valence-electron chi connectivity index (χ0n) is 6.39. The Kier molecular flexibility index (Phi) is 3.30. The lowest BCUT2D eigenvalue weighted by atomic mass is 10.3. The maximum absolute atomic E-state index is 4.36.